The number of aromatic nitrogens is 1. The van der Waals surface area contributed by atoms with Crippen LogP contribution < -0.4 is 4.90 Å². The number of phenolic OH excluding ortho intramolecular Hbond substituents is 1. The third-order valence-electron chi connectivity index (χ3n) is 5.71. The Labute approximate surface area is 186 Å². The predicted molar refractivity (Wildman–Crippen MR) is 124 cm³/mol. The Kier molecular flexibility index (Phi) is 5.34. The number of amides is 1. The summed E-state index contributed by atoms with van der Waals surface area (Å²) in [5, 5.41) is 9.74. The summed E-state index contributed by atoms with van der Waals surface area (Å²) in [7, 11) is 0. The first-order valence-electron chi connectivity index (χ1n) is 10.6. The van der Waals surface area contributed by atoms with E-state index in [1.807, 2.05) is 71.6 Å². The van der Waals surface area contributed by atoms with E-state index in [9.17, 15) is 9.90 Å². The first-order chi connectivity index (χ1) is 15.7. The maximum Gasteiger partial charge on any atom is 0.254 e. The molecule has 0 atom stereocenters. The van der Waals surface area contributed by atoms with Crippen molar-refractivity contribution in [3.63, 3.8) is 0 Å². The second-order valence-corrected chi connectivity index (χ2v) is 7.74. The number of aromatic hydroxyl groups is 1. The number of piperazine rings is 1. The maximum absolute atomic E-state index is 13.4. The zero-order chi connectivity index (χ0) is 21.9. The zero-order valence-corrected chi connectivity index (χ0v) is 17.5. The summed E-state index contributed by atoms with van der Waals surface area (Å²) < 4.78 is 6.01. The summed E-state index contributed by atoms with van der Waals surface area (Å²) in [6.45, 7) is 2.61. The fourth-order valence-corrected chi connectivity index (χ4v) is 4.02. The van der Waals surface area contributed by atoms with Crippen LogP contribution in [0.3, 0.4) is 0 Å². The molecule has 3 aromatic carbocycles. The van der Waals surface area contributed by atoms with Gasteiger partial charge in [-0.2, -0.15) is 0 Å². The minimum absolute atomic E-state index is 0.0318. The predicted octanol–water partition coefficient (Wildman–Crippen LogP) is 4.68. The Hall–Kier alpha value is -4.06. The molecule has 6 heteroatoms. The van der Waals surface area contributed by atoms with Crippen LogP contribution in [0.5, 0.6) is 5.75 Å². The average molecular weight is 425 g/mol. The highest BCUT2D eigenvalue weighted by Gasteiger charge is 2.25. The Morgan fingerprint density at radius 2 is 1.62 bits per heavy atom. The lowest BCUT2D eigenvalue weighted by Crippen LogP contribution is -2.48. The van der Waals surface area contributed by atoms with Crippen LogP contribution in [0.4, 0.5) is 5.69 Å². The molecule has 1 fully saturated rings. The van der Waals surface area contributed by atoms with Crippen LogP contribution >= 0.6 is 0 Å². The van der Waals surface area contributed by atoms with Crippen LogP contribution in [-0.4, -0.2) is 47.1 Å². The molecule has 1 aromatic heterocycles. The molecular formula is C26H23N3O3. The van der Waals surface area contributed by atoms with Crippen molar-refractivity contribution >= 4 is 11.6 Å². The minimum Gasteiger partial charge on any atom is -0.508 e. The number of oxazole rings is 1. The molecule has 4 aromatic rings. The van der Waals surface area contributed by atoms with E-state index in [-0.39, 0.29) is 11.7 Å². The van der Waals surface area contributed by atoms with Gasteiger partial charge in [0.25, 0.3) is 5.91 Å². The molecule has 0 aliphatic carbocycles. The number of hydrogen-bond donors (Lipinski definition) is 1. The van der Waals surface area contributed by atoms with Crippen molar-refractivity contribution in [3.8, 4) is 28.5 Å². The van der Waals surface area contributed by atoms with Gasteiger partial charge in [0.05, 0.1) is 11.8 Å². The van der Waals surface area contributed by atoms with Crippen LogP contribution in [0.2, 0.25) is 0 Å². The largest absolute Gasteiger partial charge is 0.508 e. The van der Waals surface area contributed by atoms with Crippen molar-refractivity contribution in [2.24, 2.45) is 0 Å². The third-order valence-corrected chi connectivity index (χ3v) is 5.71. The van der Waals surface area contributed by atoms with Gasteiger partial charge in [0.15, 0.2) is 5.76 Å². The molecular weight excluding hydrogens is 402 g/mol. The van der Waals surface area contributed by atoms with Gasteiger partial charge in [-0.05, 0) is 24.3 Å². The number of nitrogens with zero attached hydrogens (tertiary/aromatic N) is 3. The molecule has 0 spiro atoms. The highest BCUT2D eigenvalue weighted by molar-refractivity contribution is 6.00. The third kappa shape index (κ3) is 3.95. The zero-order valence-electron chi connectivity index (χ0n) is 17.5. The van der Waals surface area contributed by atoms with E-state index >= 15 is 0 Å². The van der Waals surface area contributed by atoms with Crippen LogP contribution in [0, 0.1) is 0 Å². The molecule has 5 rings (SSSR count). The number of rotatable bonds is 4. The molecule has 0 saturated carbocycles. The monoisotopic (exact) mass is 425 g/mol. The van der Waals surface area contributed by atoms with Crippen LogP contribution in [0.1, 0.15) is 10.4 Å². The van der Waals surface area contributed by atoms with Crippen LogP contribution in [0.25, 0.3) is 22.8 Å². The molecule has 2 heterocycles. The summed E-state index contributed by atoms with van der Waals surface area (Å²) >= 11 is 0. The Morgan fingerprint density at radius 1 is 0.875 bits per heavy atom. The topological polar surface area (TPSA) is 69.8 Å². The van der Waals surface area contributed by atoms with Crippen molar-refractivity contribution in [2.75, 3.05) is 31.1 Å². The summed E-state index contributed by atoms with van der Waals surface area (Å²) in [5.74, 6) is 1.32. The van der Waals surface area contributed by atoms with Gasteiger partial charge in [0, 0.05) is 49.1 Å². The average Bonchev–Trinajstić information content (AvgIpc) is 3.35. The normalized spacial score (nSPS) is 13.9. The summed E-state index contributed by atoms with van der Waals surface area (Å²) in [5.41, 5.74) is 3.18. The first-order valence-corrected chi connectivity index (χ1v) is 10.6. The highest BCUT2D eigenvalue weighted by Crippen LogP contribution is 2.29. The van der Waals surface area contributed by atoms with Crippen molar-refractivity contribution < 1.29 is 14.3 Å². The minimum atomic E-state index is -0.0318. The van der Waals surface area contributed by atoms with E-state index in [4.69, 9.17) is 4.42 Å². The number of carbonyl (C=O) groups is 1. The molecule has 1 aliphatic heterocycles. The van der Waals surface area contributed by atoms with Crippen molar-refractivity contribution in [1.29, 1.82) is 0 Å². The Balaban J connectivity index is 1.34. The number of phenols is 1. The lowest BCUT2D eigenvalue weighted by molar-refractivity contribution is 0.0747. The number of hydrogen-bond acceptors (Lipinski definition) is 5. The smallest absolute Gasteiger partial charge is 0.254 e. The van der Waals surface area contributed by atoms with Gasteiger partial charge < -0.3 is 19.3 Å². The lowest BCUT2D eigenvalue weighted by atomic mass is 10.1. The van der Waals surface area contributed by atoms with Crippen molar-refractivity contribution in [1.82, 2.24) is 9.88 Å². The van der Waals surface area contributed by atoms with E-state index < -0.39 is 0 Å². The number of anilines is 1. The van der Waals surface area contributed by atoms with E-state index in [1.54, 1.807) is 18.3 Å². The molecule has 0 radical (unpaired) electrons. The standard InChI is InChI=1S/C26H23N3O3/c30-21-10-6-9-20(17-21)28-13-15-29(16-14-28)26(31)23-12-5-4-11-22(23)25-27-18-24(32-25)19-7-2-1-3-8-19/h1-12,17-18,30H,13-16H2. The van der Waals surface area contributed by atoms with Gasteiger partial charge >= 0.3 is 0 Å². The number of benzene rings is 3. The van der Waals surface area contributed by atoms with Gasteiger partial charge in [0.1, 0.15) is 5.75 Å². The molecule has 32 heavy (non-hydrogen) atoms. The fraction of sp³-hybridized carbons (Fsp3) is 0.154. The number of carbonyl (C=O) groups excluding carboxylic acids is 1. The van der Waals surface area contributed by atoms with Crippen LogP contribution in [0.15, 0.2) is 89.5 Å². The molecule has 1 saturated heterocycles. The quantitative estimate of drug-likeness (QED) is 0.514. The van der Waals surface area contributed by atoms with Gasteiger partial charge in [-0.15, -0.1) is 0 Å². The van der Waals surface area contributed by atoms with Crippen molar-refractivity contribution in [3.05, 3.63) is 90.6 Å². The molecule has 6 nitrogen and oxygen atoms in total. The highest BCUT2D eigenvalue weighted by atomic mass is 16.4. The maximum atomic E-state index is 13.4. The molecule has 160 valence electrons. The summed E-state index contributed by atoms with van der Waals surface area (Å²) in [6, 6.07) is 24.4. The van der Waals surface area contributed by atoms with E-state index in [2.05, 4.69) is 9.88 Å². The molecule has 1 amide bonds. The lowest BCUT2D eigenvalue weighted by Gasteiger charge is -2.36. The Bertz CT molecular complexity index is 1230. The molecule has 0 bridgehead atoms. The summed E-state index contributed by atoms with van der Waals surface area (Å²) in [4.78, 5) is 21.8. The molecule has 0 unspecified atom stereocenters. The van der Waals surface area contributed by atoms with Gasteiger partial charge in [-0.1, -0.05) is 48.5 Å². The first kappa shape index (κ1) is 19.9. The van der Waals surface area contributed by atoms with E-state index in [0.29, 0.717) is 49.0 Å². The second-order valence-electron chi connectivity index (χ2n) is 7.74. The SMILES string of the molecule is O=C(c1ccccc1-c1ncc(-c2ccccc2)o1)N1CCN(c2cccc(O)c2)CC1. The van der Waals surface area contributed by atoms with Crippen molar-refractivity contribution in [2.45, 2.75) is 0 Å². The van der Waals surface area contributed by atoms with Gasteiger partial charge in [-0.3, -0.25) is 4.79 Å². The fourth-order valence-electron chi connectivity index (χ4n) is 4.02. The molecule has 1 aliphatic rings. The summed E-state index contributed by atoms with van der Waals surface area (Å²) in [6.07, 6.45) is 1.69. The van der Waals surface area contributed by atoms with Crippen LogP contribution in [-0.2, 0) is 0 Å². The van der Waals surface area contributed by atoms with Gasteiger partial charge in [0.2, 0.25) is 5.89 Å². The van der Waals surface area contributed by atoms with E-state index in [1.165, 1.54) is 0 Å². The van der Waals surface area contributed by atoms with E-state index in [0.717, 1.165) is 11.3 Å². The van der Waals surface area contributed by atoms with Gasteiger partial charge in [-0.25, -0.2) is 4.98 Å². The molecule has 1 N–H and O–H groups in total. The second kappa shape index (κ2) is 8.59. The Morgan fingerprint density at radius 3 is 2.41 bits per heavy atom.